The van der Waals surface area contributed by atoms with Crippen molar-refractivity contribution in [3.05, 3.63) is 54.2 Å². The molecule has 1 aromatic heterocycles. The molecule has 0 spiro atoms. The van der Waals surface area contributed by atoms with Crippen molar-refractivity contribution in [3.8, 4) is 16.9 Å². The van der Waals surface area contributed by atoms with Gasteiger partial charge in [0, 0.05) is 23.5 Å². The lowest BCUT2D eigenvalue weighted by atomic mass is 10.0. The maximum absolute atomic E-state index is 10.9. The molecule has 0 aliphatic rings. The molecule has 0 unspecified atom stereocenters. The van der Waals surface area contributed by atoms with E-state index in [-0.39, 0.29) is 0 Å². The number of aromatic nitrogens is 1. The van der Waals surface area contributed by atoms with Gasteiger partial charge in [-0.1, -0.05) is 24.3 Å². The Morgan fingerprint density at radius 2 is 2.04 bits per heavy atom. The number of hydrogen-bond acceptors (Lipinski definition) is 3. The van der Waals surface area contributed by atoms with Crippen LogP contribution in [0.5, 0.6) is 5.75 Å². The fraction of sp³-hybridized carbons (Fsp3) is 0.167. The SMILES string of the molecule is COc1cccc(-c2ccc3c(C[C@H](N)C(=O)O)c[nH]c3c2)c1. The Morgan fingerprint density at radius 3 is 2.78 bits per heavy atom. The summed E-state index contributed by atoms with van der Waals surface area (Å²) < 4.78 is 5.26. The van der Waals surface area contributed by atoms with Crippen LogP contribution in [-0.2, 0) is 11.2 Å². The monoisotopic (exact) mass is 310 g/mol. The summed E-state index contributed by atoms with van der Waals surface area (Å²) in [6, 6.07) is 13.0. The first-order valence-electron chi connectivity index (χ1n) is 7.31. The summed E-state index contributed by atoms with van der Waals surface area (Å²) in [4.78, 5) is 14.1. The number of carboxylic acid groups (broad SMARTS) is 1. The third kappa shape index (κ3) is 3.05. The fourth-order valence-electron chi connectivity index (χ4n) is 2.66. The second-order valence-corrected chi connectivity index (χ2v) is 5.46. The van der Waals surface area contributed by atoms with Gasteiger partial charge in [0.2, 0.25) is 0 Å². The minimum Gasteiger partial charge on any atom is -0.497 e. The van der Waals surface area contributed by atoms with Crippen molar-refractivity contribution in [1.82, 2.24) is 4.98 Å². The number of nitrogens with one attached hydrogen (secondary N) is 1. The Bertz CT molecular complexity index is 854. The summed E-state index contributed by atoms with van der Waals surface area (Å²) >= 11 is 0. The molecule has 1 heterocycles. The maximum atomic E-state index is 10.9. The Kier molecular flexibility index (Phi) is 4.04. The Morgan fingerprint density at radius 1 is 1.26 bits per heavy atom. The normalized spacial score (nSPS) is 12.3. The molecule has 0 aliphatic carbocycles. The lowest BCUT2D eigenvalue weighted by molar-refractivity contribution is -0.138. The van der Waals surface area contributed by atoms with Crippen molar-refractivity contribution in [2.45, 2.75) is 12.5 Å². The molecule has 0 bridgehead atoms. The van der Waals surface area contributed by atoms with Crippen molar-refractivity contribution in [1.29, 1.82) is 0 Å². The quantitative estimate of drug-likeness (QED) is 0.676. The molecule has 0 saturated carbocycles. The Hall–Kier alpha value is -2.79. The van der Waals surface area contributed by atoms with E-state index < -0.39 is 12.0 Å². The molecule has 5 nitrogen and oxygen atoms in total. The van der Waals surface area contributed by atoms with E-state index in [1.807, 2.05) is 48.7 Å². The van der Waals surface area contributed by atoms with Gasteiger partial charge in [0.05, 0.1) is 7.11 Å². The minimum absolute atomic E-state index is 0.299. The van der Waals surface area contributed by atoms with Crippen LogP contribution in [-0.4, -0.2) is 29.2 Å². The molecule has 3 rings (SSSR count). The van der Waals surface area contributed by atoms with E-state index in [1.54, 1.807) is 7.11 Å². The number of fused-ring (bicyclic) bond motifs is 1. The van der Waals surface area contributed by atoms with E-state index in [0.717, 1.165) is 33.3 Å². The number of H-pyrrole nitrogens is 1. The van der Waals surface area contributed by atoms with Gasteiger partial charge in [-0.15, -0.1) is 0 Å². The molecule has 4 N–H and O–H groups in total. The molecule has 0 saturated heterocycles. The van der Waals surface area contributed by atoms with Gasteiger partial charge in [0.25, 0.3) is 0 Å². The molecular weight excluding hydrogens is 292 g/mol. The second-order valence-electron chi connectivity index (χ2n) is 5.46. The van der Waals surface area contributed by atoms with Crippen molar-refractivity contribution in [2.24, 2.45) is 5.73 Å². The first-order valence-corrected chi connectivity index (χ1v) is 7.31. The van der Waals surface area contributed by atoms with Crippen LogP contribution >= 0.6 is 0 Å². The molecule has 118 valence electrons. The van der Waals surface area contributed by atoms with E-state index >= 15 is 0 Å². The number of rotatable bonds is 5. The molecule has 5 heteroatoms. The Balaban J connectivity index is 1.95. The second kappa shape index (κ2) is 6.14. The first-order chi connectivity index (χ1) is 11.1. The highest BCUT2D eigenvalue weighted by Crippen LogP contribution is 2.28. The van der Waals surface area contributed by atoms with Gasteiger partial charge in [0.15, 0.2) is 0 Å². The average Bonchev–Trinajstić information content (AvgIpc) is 2.97. The number of aliphatic carboxylic acids is 1. The van der Waals surface area contributed by atoms with E-state index in [4.69, 9.17) is 15.6 Å². The minimum atomic E-state index is -0.993. The summed E-state index contributed by atoms with van der Waals surface area (Å²) in [5.74, 6) is -0.186. The summed E-state index contributed by atoms with van der Waals surface area (Å²) in [6.07, 6.45) is 2.12. The van der Waals surface area contributed by atoms with Gasteiger partial charge in [0.1, 0.15) is 11.8 Å². The molecule has 23 heavy (non-hydrogen) atoms. The van der Waals surface area contributed by atoms with Crippen LogP contribution in [0.1, 0.15) is 5.56 Å². The number of methoxy groups -OCH3 is 1. The predicted molar refractivity (Wildman–Crippen MR) is 89.6 cm³/mol. The van der Waals surface area contributed by atoms with Gasteiger partial charge in [-0.2, -0.15) is 0 Å². The van der Waals surface area contributed by atoms with Crippen LogP contribution < -0.4 is 10.5 Å². The van der Waals surface area contributed by atoms with E-state index in [9.17, 15) is 4.79 Å². The highest BCUT2D eigenvalue weighted by atomic mass is 16.5. The smallest absolute Gasteiger partial charge is 0.320 e. The van der Waals surface area contributed by atoms with Crippen molar-refractivity contribution < 1.29 is 14.6 Å². The number of aromatic amines is 1. The number of ether oxygens (including phenoxy) is 1. The standard InChI is InChI=1S/C18H18N2O3/c1-23-14-4-2-3-11(7-14)12-5-6-15-13(8-16(19)18(21)22)10-20-17(15)9-12/h2-7,9-10,16,20H,8,19H2,1H3,(H,21,22)/t16-/m0/s1. The number of carbonyl (C=O) groups is 1. The molecule has 1 atom stereocenters. The zero-order valence-corrected chi connectivity index (χ0v) is 12.7. The highest BCUT2D eigenvalue weighted by molar-refractivity contribution is 5.88. The maximum Gasteiger partial charge on any atom is 0.320 e. The fourth-order valence-corrected chi connectivity index (χ4v) is 2.66. The van der Waals surface area contributed by atoms with E-state index in [1.165, 1.54) is 0 Å². The van der Waals surface area contributed by atoms with Crippen molar-refractivity contribution >= 4 is 16.9 Å². The molecular formula is C18H18N2O3. The van der Waals surface area contributed by atoms with Gasteiger partial charge in [-0.25, -0.2) is 0 Å². The van der Waals surface area contributed by atoms with Gasteiger partial charge in [-0.3, -0.25) is 4.79 Å². The summed E-state index contributed by atoms with van der Waals surface area (Å²) in [7, 11) is 1.64. The number of nitrogens with two attached hydrogens (primary N) is 1. The third-order valence-electron chi connectivity index (χ3n) is 3.93. The molecule has 0 radical (unpaired) electrons. The zero-order valence-electron chi connectivity index (χ0n) is 12.7. The summed E-state index contributed by atoms with van der Waals surface area (Å²) in [5, 5.41) is 9.94. The van der Waals surface area contributed by atoms with Crippen LogP contribution in [0.25, 0.3) is 22.0 Å². The van der Waals surface area contributed by atoms with E-state index in [2.05, 4.69) is 4.98 Å². The van der Waals surface area contributed by atoms with Crippen LogP contribution in [0.4, 0.5) is 0 Å². The largest absolute Gasteiger partial charge is 0.497 e. The average molecular weight is 310 g/mol. The molecule has 2 aromatic carbocycles. The van der Waals surface area contributed by atoms with Crippen LogP contribution in [0.3, 0.4) is 0 Å². The van der Waals surface area contributed by atoms with Crippen LogP contribution in [0.2, 0.25) is 0 Å². The number of hydrogen-bond donors (Lipinski definition) is 3. The molecule has 0 fully saturated rings. The number of benzene rings is 2. The van der Waals surface area contributed by atoms with Crippen molar-refractivity contribution in [2.75, 3.05) is 7.11 Å². The van der Waals surface area contributed by atoms with E-state index in [0.29, 0.717) is 6.42 Å². The molecule has 3 aromatic rings. The molecule has 0 amide bonds. The number of carboxylic acids is 1. The van der Waals surface area contributed by atoms with Gasteiger partial charge >= 0.3 is 5.97 Å². The predicted octanol–water partition coefficient (Wildman–Crippen LogP) is 2.80. The van der Waals surface area contributed by atoms with Gasteiger partial charge in [-0.05, 0) is 34.9 Å². The van der Waals surface area contributed by atoms with Crippen molar-refractivity contribution in [3.63, 3.8) is 0 Å². The zero-order chi connectivity index (χ0) is 16.4. The van der Waals surface area contributed by atoms with Crippen LogP contribution in [0, 0.1) is 0 Å². The summed E-state index contributed by atoms with van der Waals surface area (Å²) in [6.45, 7) is 0. The van der Waals surface area contributed by atoms with Crippen LogP contribution in [0.15, 0.2) is 48.7 Å². The summed E-state index contributed by atoms with van der Waals surface area (Å²) in [5.41, 5.74) is 9.61. The Labute approximate surface area is 133 Å². The first kappa shape index (κ1) is 15.1. The highest BCUT2D eigenvalue weighted by Gasteiger charge is 2.15. The van der Waals surface area contributed by atoms with Gasteiger partial charge < -0.3 is 20.6 Å². The lowest BCUT2D eigenvalue weighted by Crippen LogP contribution is -2.32. The topological polar surface area (TPSA) is 88.3 Å². The lowest BCUT2D eigenvalue weighted by Gasteiger charge is -2.07. The molecule has 0 aliphatic heterocycles. The third-order valence-corrected chi connectivity index (χ3v) is 3.93.